The Balaban J connectivity index is 1.41. The van der Waals surface area contributed by atoms with Crippen LogP contribution >= 0.6 is 0 Å². The first-order valence-electron chi connectivity index (χ1n) is 10.7. The van der Waals surface area contributed by atoms with Crippen LogP contribution in [0.25, 0.3) is 22.2 Å². The molecular weight excluding hydrogens is 416 g/mol. The molecular formula is C27H24N2O4. The summed E-state index contributed by atoms with van der Waals surface area (Å²) >= 11 is 0. The normalized spacial score (nSPS) is 10.6. The molecule has 33 heavy (non-hydrogen) atoms. The molecule has 0 aliphatic rings. The number of para-hydroxylation sites is 1. The molecule has 0 fully saturated rings. The minimum atomic E-state index is -0.569. The number of amides is 1. The number of rotatable bonds is 8. The lowest BCUT2D eigenvalue weighted by Gasteiger charge is -2.11. The van der Waals surface area contributed by atoms with Crippen LogP contribution in [0.1, 0.15) is 15.9 Å². The number of hydrogen-bond acceptors (Lipinski definition) is 5. The van der Waals surface area contributed by atoms with Gasteiger partial charge in [0.1, 0.15) is 12.4 Å². The summed E-state index contributed by atoms with van der Waals surface area (Å²) < 4.78 is 10.9. The predicted octanol–water partition coefficient (Wildman–Crippen LogP) is 4.56. The van der Waals surface area contributed by atoms with E-state index in [0.717, 1.165) is 16.9 Å². The van der Waals surface area contributed by atoms with Gasteiger partial charge in [0, 0.05) is 10.9 Å². The maximum Gasteiger partial charge on any atom is 0.339 e. The van der Waals surface area contributed by atoms with Crippen LogP contribution in [0.4, 0.5) is 0 Å². The van der Waals surface area contributed by atoms with E-state index in [1.165, 1.54) is 0 Å². The number of ether oxygens (including phenoxy) is 2. The molecule has 0 aliphatic carbocycles. The van der Waals surface area contributed by atoms with Crippen LogP contribution in [0.5, 0.6) is 5.75 Å². The lowest BCUT2D eigenvalue weighted by Crippen LogP contribution is -2.32. The standard InChI is InChI=1S/C27H24N2O4/c1-19-12-13-24-22(16-19)23(17-25(29-24)20-8-4-2-5-9-20)27(31)33-18-26(30)28-14-15-32-21-10-6-3-7-11-21/h2-13,16-17H,14-15,18H2,1H3,(H,28,30). The van der Waals surface area contributed by atoms with Crippen LogP contribution in [0.15, 0.2) is 84.9 Å². The Labute approximate surface area is 192 Å². The highest BCUT2D eigenvalue weighted by molar-refractivity contribution is 6.05. The summed E-state index contributed by atoms with van der Waals surface area (Å²) in [7, 11) is 0. The van der Waals surface area contributed by atoms with Gasteiger partial charge in [0.2, 0.25) is 0 Å². The molecule has 0 saturated heterocycles. The number of pyridine rings is 1. The molecule has 6 heteroatoms. The lowest BCUT2D eigenvalue weighted by atomic mass is 10.0. The lowest BCUT2D eigenvalue weighted by molar-refractivity contribution is -0.124. The first-order valence-corrected chi connectivity index (χ1v) is 10.7. The summed E-state index contributed by atoms with van der Waals surface area (Å²) in [6, 6.07) is 26.4. The Hall–Kier alpha value is -4.19. The molecule has 1 aromatic heterocycles. The van der Waals surface area contributed by atoms with Gasteiger partial charge in [-0.1, -0.05) is 60.2 Å². The van der Waals surface area contributed by atoms with Crippen LogP contribution in [-0.2, 0) is 9.53 Å². The SMILES string of the molecule is Cc1ccc2nc(-c3ccccc3)cc(C(=O)OCC(=O)NCCOc3ccccc3)c2c1. The fourth-order valence-electron chi connectivity index (χ4n) is 3.40. The number of aryl methyl sites for hydroxylation is 1. The molecule has 0 radical (unpaired) electrons. The highest BCUT2D eigenvalue weighted by atomic mass is 16.5. The van der Waals surface area contributed by atoms with Gasteiger partial charge in [-0.2, -0.15) is 0 Å². The van der Waals surface area contributed by atoms with Crippen LogP contribution < -0.4 is 10.1 Å². The van der Waals surface area contributed by atoms with Crippen molar-refractivity contribution in [1.29, 1.82) is 0 Å². The average Bonchev–Trinajstić information content (AvgIpc) is 2.85. The molecule has 0 aliphatic heterocycles. The second kappa shape index (κ2) is 10.4. The van der Waals surface area contributed by atoms with Crippen molar-refractivity contribution in [2.75, 3.05) is 19.8 Å². The number of nitrogens with one attached hydrogen (secondary N) is 1. The molecule has 0 bridgehead atoms. The molecule has 6 nitrogen and oxygen atoms in total. The van der Waals surface area contributed by atoms with E-state index in [2.05, 4.69) is 5.32 Å². The van der Waals surface area contributed by atoms with E-state index < -0.39 is 11.9 Å². The number of carbonyl (C=O) groups is 2. The third kappa shape index (κ3) is 5.74. The van der Waals surface area contributed by atoms with E-state index in [1.807, 2.05) is 85.8 Å². The topological polar surface area (TPSA) is 77.5 Å². The van der Waals surface area contributed by atoms with Gasteiger partial charge in [0.05, 0.1) is 23.3 Å². The minimum absolute atomic E-state index is 0.306. The Bertz CT molecular complexity index is 1260. The minimum Gasteiger partial charge on any atom is -0.492 e. The first kappa shape index (κ1) is 22.0. The Morgan fingerprint density at radius 3 is 2.39 bits per heavy atom. The summed E-state index contributed by atoms with van der Waals surface area (Å²) in [5, 5.41) is 3.38. The summed E-state index contributed by atoms with van der Waals surface area (Å²) in [6.07, 6.45) is 0. The van der Waals surface area contributed by atoms with Crippen LogP contribution in [0.3, 0.4) is 0 Å². The molecule has 1 amide bonds. The van der Waals surface area contributed by atoms with E-state index in [1.54, 1.807) is 6.07 Å². The number of nitrogens with zero attached hydrogens (tertiary/aromatic N) is 1. The number of esters is 1. The fourth-order valence-corrected chi connectivity index (χ4v) is 3.40. The van der Waals surface area contributed by atoms with E-state index >= 15 is 0 Å². The molecule has 166 valence electrons. The molecule has 0 saturated carbocycles. The van der Waals surface area contributed by atoms with Crippen molar-refractivity contribution in [2.45, 2.75) is 6.92 Å². The van der Waals surface area contributed by atoms with Crippen molar-refractivity contribution < 1.29 is 19.1 Å². The fraction of sp³-hybridized carbons (Fsp3) is 0.148. The molecule has 3 aromatic carbocycles. The maximum atomic E-state index is 12.9. The number of carbonyl (C=O) groups excluding carboxylic acids is 2. The number of hydrogen-bond donors (Lipinski definition) is 1. The number of benzene rings is 3. The molecule has 0 unspecified atom stereocenters. The van der Waals surface area contributed by atoms with Crippen LogP contribution in [0.2, 0.25) is 0 Å². The molecule has 4 rings (SSSR count). The summed E-state index contributed by atoms with van der Waals surface area (Å²) in [5.74, 6) is -0.231. The maximum absolute atomic E-state index is 12.9. The highest BCUT2D eigenvalue weighted by Gasteiger charge is 2.17. The molecule has 1 heterocycles. The van der Waals surface area contributed by atoms with Gasteiger partial charge >= 0.3 is 5.97 Å². The van der Waals surface area contributed by atoms with Crippen LogP contribution in [0, 0.1) is 6.92 Å². The smallest absolute Gasteiger partial charge is 0.339 e. The van der Waals surface area contributed by atoms with Crippen molar-refractivity contribution >= 4 is 22.8 Å². The van der Waals surface area contributed by atoms with Gasteiger partial charge in [0.25, 0.3) is 5.91 Å². The average molecular weight is 440 g/mol. The second-order valence-corrected chi connectivity index (χ2v) is 7.53. The van der Waals surface area contributed by atoms with Gasteiger partial charge in [-0.05, 0) is 37.3 Å². The zero-order valence-corrected chi connectivity index (χ0v) is 18.3. The monoisotopic (exact) mass is 440 g/mol. The summed E-state index contributed by atoms with van der Waals surface area (Å²) in [6.45, 7) is 2.20. The first-order chi connectivity index (χ1) is 16.1. The predicted molar refractivity (Wildman–Crippen MR) is 127 cm³/mol. The van der Waals surface area contributed by atoms with Gasteiger partial charge < -0.3 is 14.8 Å². The van der Waals surface area contributed by atoms with Gasteiger partial charge in [-0.25, -0.2) is 9.78 Å². The second-order valence-electron chi connectivity index (χ2n) is 7.53. The molecule has 0 atom stereocenters. The highest BCUT2D eigenvalue weighted by Crippen LogP contribution is 2.26. The largest absolute Gasteiger partial charge is 0.492 e. The van der Waals surface area contributed by atoms with E-state index in [9.17, 15) is 9.59 Å². The summed E-state index contributed by atoms with van der Waals surface area (Å²) in [4.78, 5) is 29.8. The third-order valence-electron chi connectivity index (χ3n) is 5.02. The van der Waals surface area contributed by atoms with Crippen molar-refractivity contribution in [3.8, 4) is 17.0 Å². The van der Waals surface area contributed by atoms with Gasteiger partial charge in [-0.15, -0.1) is 0 Å². The number of aromatic nitrogens is 1. The molecule has 4 aromatic rings. The summed E-state index contributed by atoms with van der Waals surface area (Å²) in [5.41, 5.74) is 3.63. The quantitative estimate of drug-likeness (QED) is 0.321. The van der Waals surface area contributed by atoms with E-state index in [4.69, 9.17) is 14.5 Å². The zero-order valence-electron chi connectivity index (χ0n) is 18.3. The van der Waals surface area contributed by atoms with Crippen molar-refractivity contribution in [3.63, 3.8) is 0 Å². The van der Waals surface area contributed by atoms with Gasteiger partial charge in [0.15, 0.2) is 6.61 Å². The molecule has 0 spiro atoms. The third-order valence-corrected chi connectivity index (χ3v) is 5.02. The van der Waals surface area contributed by atoms with E-state index in [0.29, 0.717) is 35.3 Å². The Morgan fingerprint density at radius 1 is 0.909 bits per heavy atom. The van der Waals surface area contributed by atoms with E-state index in [-0.39, 0.29) is 6.61 Å². The van der Waals surface area contributed by atoms with Crippen LogP contribution in [-0.4, -0.2) is 36.6 Å². The van der Waals surface area contributed by atoms with Gasteiger partial charge in [-0.3, -0.25) is 4.79 Å². The van der Waals surface area contributed by atoms with Crippen molar-refractivity contribution in [2.24, 2.45) is 0 Å². The van der Waals surface area contributed by atoms with Crippen molar-refractivity contribution in [1.82, 2.24) is 10.3 Å². The number of fused-ring (bicyclic) bond motifs is 1. The Morgan fingerprint density at radius 2 is 1.64 bits per heavy atom. The zero-order chi connectivity index (χ0) is 23.0. The van der Waals surface area contributed by atoms with Crippen molar-refractivity contribution in [3.05, 3.63) is 96.1 Å². The Kier molecular flexibility index (Phi) is 6.95. The molecule has 1 N–H and O–H groups in total.